The summed E-state index contributed by atoms with van der Waals surface area (Å²) < 4.78 is 1.86. The molecule has 1 N–H and O–H groups in total. The van der Waals surface area contributed by atoms with Gasteiger partial charge in [0.15, 0.2) is 0 Å². The van der Waals surface area contributed by atoms with E-state index in [0.29, 0.717) is 6.54 Å². The standard InChI is InChI=1S/C12H20N4O/c17-12(15-7-2-1-3-8-15)11-13-6-10-16-9-4-5-14-16/h4-5,9,13H,1-3,6-8,10-11H2. The third kappa shape index (κ3) is 3.85. The Morgan fingerprint density at radius 3 is 2.82 bits per heavy atom. The molecule has 2 rings (SSSR count). The van der Waals surface area contributed by atoms with Gasteiger partial charge < -0.3 is 10.2 Å². The van der Waals surface area contributed by atoms with Crippen LogP contribution < -0.4 is 5.32 Å². The topological polar surface area (TPSA) is 50.2 Å². The second kappa shape index (κ2) is 6.39. The Balaban J connectivity index is 1.59. The molecule has 1 aromatic heterocycles. The van der Waals surface area contributed by atoms with Gasteiger partial charge in [-0.2, -0.15) is 5.10 Å². The molecule has 1 fully saturated rings. The fourth-order valence-corrected chi connectivity index (χ4v) is 2.08. The molecule has 17 heavy (non-hydrogen) atoms. The normalized spacial score (nSPS) is 16.1. The van der Waals surface area contributed by atoms with Crippen molar-refractivity contribution in [3.8, 4) is 0 Å². The number of nitrogens with zero attached hydrogens (tertiary/aromatic N) is 3. The monoisotopic (exact) mass is 236 g/mol. The van der Waals surface area contributed by atoms with Crippen molar-refractivity contribution in [1.29, 1.82) is 0 Å². The Kier molecular flexibility index (Phi) is 4.55. The molecular weight excluding hydrogens is 216 g/mol. The molecule has 5 nitrogen and oxygen atoms in total. The van der Waals surface area contributed by atoms with E-state index in [0.717, 1.165) is 39.0 Å². The van der Waals surface area contributed by atoms with E-state index in [1.54, 1.807) is 6.20 Å². The third-order valence-corrected chi connectivity index (χ3v) is 3.06. The molecule has 1 aromatic rings. The maximum absolute atomic E-state index is 11.8. The van der Waals surface area contributed by atoms with Crippen molar-refractivity contribution in [3.63, 3.8) is 0 Å². The van der Waals surface area contributed by atoms with E-state index in [1.807, 2.05) is 21.8 Å². The van der Waals surface area contributed by atoms with E-state index in [4.69, 9.17) is 0 Å². The van der Waals surface area contributed by atoms with Gasteiger partial charge >= 0.3 is 0 Å². The van der Waals surface area contributed by atoms with Crippen LogP contribution in [-0.2, 0) is 11.3 Å². The molecule has 2 heterocycles. The Bertz CT molecular complexity index is 330. The number of nitrogens with one attached hydrogen (secondary N) is 1. The molecule has 1 amide bonds. The summed E-state index contributed by atoms with van der Waals surface area (Å²) in [5.74, 6) is 0.227. The second-order valence-electron chi connectivity index (χ2n) is 4.39. The van der Waals surface area contributed by atoms with Gasteiger partial charge in [0, 0.05) is 32.0 Å². The van der Waals surface area contributed by atoms with E-state index in [9.17, 15) is 4.79 Å². The number of hydrogen-bond donors (Lipinski definition) is 1. The van der Waals surface area contributed by atoms with Gasteiger partial charge in [0.1, 0.15) is 0 Å². The van der Waals surface area contributed by atoms with Gasteiger partial charge in [-0.05, 0) is 25.3 Å². The van der Waals surface area contributed by atoms with E-state index in [2.05, 4.69) is 10.4 Å². The smallest absolute Gasteiger partial charge is 0.236 e. The summed E-state index contributed by atoms with van der Waals surface area (Å²) in [4.78, 5) is 13.8. The van der Waals surface area contributed by atoms with Gasteiger partial charge in [-0.25, -0.2) is 0 Å². The van der Waals surface area contributed by atoms with Gasteiger partial charge in [-0.15, -0.1) is 0 Å². The maximum Gasteiger partial charge on any atom is 0.236 e. The Morgan fingerprint density at radius 1 is 1.29 bits per heavy atom. The molecule has 0 radical (unpaired) electrons. The zero-order valence-corrected chi connectivity index (χ0v) is 10.1. The van der Waals surface area contributed by atoms with Crippen LogP contribution in [0.25, 0.3) is 0 Å². The highest BCUT2D eigenvalue weighted by Crippen LogP contribution is 2.07. The Hall–Kier alpha value is -1.36. The number of rotatable bonds is 5. The molecule has 1 aliphatic heterocycles. The van der Waals surface area contributed by atoms with Crippen LogP contribution in [-0.4, -0.2) is 46.8 Å². The number of likely N-dealkylation sites (tertiary alicyclic amines) is 1. The van der Waals surface area contributed by atoms with E-state index in [-0.39, 0.29) is 5.91 Å². The van der Waals surface area contributed by atoms with E-state index >= 15 is 0 Å². The first-order valence-electron chi connectivity index (χ1n) is 6.32. The van der Waals surface area contributed by atoms with Gasteiger partial charge in [-0.1, -0.05) is 0 Å². The predicted octanol–water partition coefficient (Wildman–Crippen LogP) is 0.485. The Labute approximate surface area is 102 Å². The zero-order valence-electron chi connectivity index (χ0n) is 10.1. The first-order chi connectivity index (χ1) is 8.36. The largest absolute Gasteiger partial charge is 0.342 e. The van der Waals surface area contributed by atoms with Crippen LogP contribution in [0.3, 0.4) is 0 Å². The first kappa shape index (κ1) is 12.1. The van der Waals surface area contributed by atoms with Gasteiger partial charge in [0.05, 0.1) is 13.1 Å². The molecule has 0 spiro atoms. The molecule has 0 saturated carbocycles. The summed E-state index contributed by atoms with van der Waals surface area (Å²) in [5, 5.41) is 7.27. The van der Waals surface area contributed by atoms with Crippen LogP contribution in [0.4, 0.5) is 0 Å². The molecule has 0 aromatic carbocycles. The molecule has 0 unspecified atom stereocenters. The lowest BCUT2D eigenvalue weighted by molar-refractivity contribution is -0.131. The van der Waals surface area contributed by atoms with Crippen molar-refractivity contribution < 1.29 is 4.79 Å². The number of hydrogen-bond acceptors (Lipinski definition) is 3. The van der Waals surface area contributed by atoms with Gasteiger partial charge in [0.25, 0.3) is 0 Å². The maximum atomic E-state index is 11.8. The molecule has 0 atom stereocenters. The lowest BCUT2D eigenvalue weighted by Crippen LogP contribution is -2.41. The van der Waals surface area contributed by atoms with E-state index < -0.39 is 0 Å². The lowest BCUT2D eigenvalue weighted by atomic mass is 10.1. The van der Waals surface area contributed by atoms with Crippen LogP contribution in [0.2, 0.25) is 0 Å². The van der Waals surface area contributed by atoms with Crippen molar-refractivity contribution in [2.45, 2.75) is 25.8 Å². The van der Waals surface area contributed by atoms with Gasteiger partial charge in [0.2, 0.25) is 5.91 Å². The van der Waals surface area contributed by atoms with Crippen molar-refractivity contribution >= 4 is 5.91 Å². The quantitative estimate of drug-likeness (QED) is 0.757. The molecule has 0 aliphatic carbocycles. The summed E-state index contributed by atoms with van der Waals surface area (Å²) in [5.41, 5.74) is 0. The highest BCUT2D eigenvalue weighted by molar-refractivity contribution is 5.78. The number of aromatic nitrogens is 2. The first-order valence-corrected chi connectivity index (χ1v) is 6.32. The van der Waals surface area contributed by atoms with E-state index in [1.165, 1.54) is 6.42 Å². The molecule has 94 valence electrons. The third-order valence-electron chi connectivity index (χ3n) is 3.06. The van der Waals surface area contributed by atoms with Crippen molar-refractivity contribution in [2.24, 2.45) is 0 Å². The minimum Gasteiger partial charge on any atom is -0.342 e. The average Bonchev–Trinajstić information content (AvgIpc) is 2.88. The Morgan fingerprint density at radius 2 is 2.12 bits per heavy atom. The fraction of sp³-hybridized carbons (Fsp3) is 0.667. The van der Waals surface area contributed by atoms with Gasteiger partial charge in [-0.3, -0.25) is 9.48 Å². The summed E-state index contributed by atoms with van der Waals surface area (Å²) in [6.07, 6.45) is 7.25. The average molecular weight is 236 g/mol. The number of amides is 1. The van der Waals surface area contributed by atoms with Crippen LogP contribution in [0, 0.1) is 0 Å². The number of carbonyl (C=O) groups is 1. The predicted molar refractivity (Wildman–Crippen MR) is 65.5 cm³/mol. The molecular formula is C12H20N4O. The highest BCUT2D eigenvalue weighted by atomic mass is 16.2. The SMILES string of the molecule is O=C(CNCCn1cccn1)N1CCCCC1. The fourth-order valence-electron chi connectivity index (χ4n) is 2.08. The lowest BCUT2D eigenvalue weighted by Gasteiger charge is -2.26. The van der Waals surface area contributed by atoms with Crippen molar-refractivity contribution in [1.82, 2.24) is 20.0 Å². The molecule has 1 saturated heterocycles. The van der Waals surface area contributed by atoms with Crippen LogP contribution in [0.1, 0.15) is 19.3 Å². The number of piperidine rings is 1. The number of carbonyl (C=O) groups excluding carboxylic acids is 1. The molecule has 1 aliphatic rings. The highest BCUT2D eigenvalue weighted by Gasteiger charge is 2.15. The summed E-state index contributed by atoms with van der Waals surface area (Å²) in [6.45, 7) is 3.89. The molecule has 5 heteroatoms. The van der Waals surface area contributed by atoms with Crippen molar-refractivity contribution in [3.05, 3.63) is 18.5 Å². The van der Waals surface area contributed by atoms with Crippen LogP contribution >= 0.6 is 0 Å². The zero-order chi connectivity index (χ0) is 11.9. The summed E-state index contributed by atoms with van der Waals surface area (Å²) >= 11 is 0. The minimum absolute atomic E-state index is 0.227. The minimum atomic E-state index is 0.227. The summed E-state index contributed by atoms with van der Waals surface area (Å²) in [7, 11) is 0. The summed E-state index contributed by atoms with van der Waals surface area (Å²) in [6, 6.07) is 1.90. The van der Waals surface area contributed by atoms with Crippen LogP contribution in [0.15, 0.2) is 18.5 Å². The van der Waals surface area contributed by atoms with Crippen molar-refractivity contribution in [2.75, 3.05) is 26.2 Å². The second-order valence-corrected chi connectivity index (χ2v) is 4.39. The van der Waals surface area contributed by atoms with Crippen LogP contribution in [0.5, 0.6) is 0 Å². The molecule has 0 bridgehead atoms.